The fourth-order valence-corrected chi connectivity index (χ4v) is 2.74. The molecule has 1 aliphatic heterocycles. The van der Waals surface area contributed by atoms with Crippen LogP contribution in [0.3, 0.4) is 0 Å². The number of H-pyrrole nitrogens is 1. The van der Waals surface area contributed by atoms with Crippen molar-refractivity contribution >= 4 is 5.91 Å². The number of hydrogen-bond acceptors (Lipinski definition) is 4. The van der Waals surface area contributed by atoms with Crippen LogP contribution in [0, 0.1) is 12.8 Å². The number of aromatic amines is 1. The first-order valence-corrected chi connectivity index (χ1v) is 7.01. The third-order valence-electron chi connectivity index (χ3n) is 3.83. The number of nitrogens with zero attached hydrogens (tertiary/aromatic N) is 3. The number of hydrogen-bond donors (Lipinski definition) is 2. The molecule has 3 heterocycles. The molecule has 21 heavy (non-hydrogen) atoms. The van der Waals surface area contributed by atoms with Crippen molar-refractivity contribution in [2.24, 2.45) is 5.92 Å². The van der Waals surface area contributed by atoms with E-state index in [1.54, 1.807) is 29.4 Å². The Hall–Kier alpha value is -2.21. The van der Waals surface area contributed by atoms with E-state index in [1.807, 2.05) is 13.0 Å². The van der Waals surface area contributed by atoms with Crippen molar-refractivity contribution in [1.82, 2.24) is 20.1 Å². The van der Waals surface area contributed by atoms with Crippen molar-refractivity contribution in [3.8, 4) is 0 Å². The molecule has 0 saturated carbocycles. The van der Waals surface area contributed by atoms with Gasteiger partial charge in [-0.2, -0.15) is 5.10 Å². The highest BCUT2D eigenvalue weighted by Gasteiger charge is 2.34. The first kappa shape index (κ1) is 13.8. The number of aliphatic hydroxyl groups excluding tert-OH is 1. The van der Waals surface area contributed by atoms with Gasteiger partial charge < -0.3 is 10.0 Å². The molecule has 0 radical (unpaired) electrons. The number of aryl methyl sites for hydroxylation is 1. The van der Waals surface area contributed by atoms with E-state index in [-0.39, 0.29) is 11.8 Å². The van der Waals surface area contributed by atoms with Crippen molar-refractivity contribution in [2.75, 3.05) is 13.1 Å². The number of carbonyl (C=O) groups excluding carboxylic acids is 1. The topological polar surface area (TPSA) is 82.1 Å². The molecule has 2 aromatic heterocycles. The van der Waals surface area contributed by atoms with Gasteiger partial charge in [0.2, 0.25) is 0 Å². The average molecular weight is 286 g/mol. The summed E-state index contributed by atoms with van der Waals surface area (Å²) < 4.78 is 0. The van der Waals surface area contributed by atoms with Crippen molar-refractivity contribution < 1.29 is 9.90 Å². The molecular weight excluding hydrogens is 268 g/mol. The van der Waals surface area contributed by atoms with Gasteiger partial charge in [0.15, 0.2) is 0 Å². The number of likely N-dealkylation sites (tertiary alicyclic amines) is 1. The second-order valence-corrected chi connectivity index (χ2v) is 5.53. The Morgan fingerprint density at radius 3 is 3.05 bits per heavy atom. The van der Waals surface area contributed by atoms with E-state index in [2.05, 4.69) is 15.2 Å². The highest BCUT2D eigenvalue weighted by atomic mass is 16.3. The Morgan fingerprint density at radius 1 is 1.52 bits per heavy atom. The quantitative estimate of drug-likeness (QED) is 0.874. The molecule has 2 aromatic rings. The van der Waals surface area contributed by atoms with Crippen molar-refractivity contribution in [3.05, 3.63) is 47.5 Å². The van der Waals surface area contributed by atoms with Gasteiger partial charge in [0.25, 0.3) is 5.91 Å². The summed E-state index contributed by atoms with van der Waals surface area (Å²) in [5.74, 6) is -0.0591. The van der Waals surface area contributed by atoms with Crippen LogP contribution < -0.4 is 0 Å². The van der Waals surface area contributed by atoms with Crippen LogP contribution in [-0.2, 0) is 6.42 Å². The molecule has 2 atom stereocenters. The monoisotopic (exact) mass is 286 g/mol. The first-order chi connectivity index (χ1) is 10.1. The molecule has 0 unspecified atom stereocenters. The lowest BCUT2D eigenvalue weighted by molar-refractivity contribution is 0.0764. The summed E-state index contributed by atoms with van der Waals surface area (Å²) >= 11 is 0. The zero-order valence-electron chi connectivity index (χ0n) is 11.9. The zero-order valence-corrected chi connectivity index (χ0v) is 11.9. The molecule has 6 heteroatoms. The highest BCUT2D eigenvalue weighted by Crippen LogP contribution is 2.22. The Kier molecular flexibility index (Phi) is 3.70. The number of nitrogens with one attached hydrogen (secondary N) is 1. The van der Waals surface area contributed by atoms with Gasteiger partial charge >= 0.3 is 0 Å². The molecule has 1 saturated heterocycles. The summed E-state index contributed by atoms with van der Waals surface area (Å²) in [7, 11) is 0. The summed E-state index contributed by atoms with van der Waals surface area (Å²) in [5, 5.41) is 17.3. The number of pyridine rings is 1. The molecular formula is C15H18N4O2. The van der Waals surface area contributed by atoms with Crippen molar-refractivity contribution in [1.29, 1.82) is 0 Å². The molecule has 0 spiro atoms. The number of aliphatic hydroxyl groups is 1. The Balaban J connectivity index is 1.67. The maximum atomic E-state index is 12.3. The lowest BCUT2D eigenvalue weighted by Crippen LogP contribution is -2.29. The minimum absolute atomic E-state index is 0.0216. The normalized spacial score (nSPS) is 21.7. The van der Waals surface area contributed by atoms with Crippen LogP contribution in [0.25, 0.3) is 0 Å². The summed E-state index contributed by atoms with van der Waals surface area (Å²) in [6.07, 6.45) is 3.35. The summed E-state index contributed by atoms with van der Waals surface area (Å²) in [4.78, 5) is 18.0. The second kappa shape index (κ2) is 5.65. The minimum Gasteiger partial charge on any atom is -0.391 e. The van der Waals surface area contributed by atoms with Crippen LogP contribution in [0.4, 0.5) is 0 Å². The van der Waals surface area contributed by atoms with E-state index in [1.165, 1.54) is 0 Å². The minimum atomic E-state index is -0.511. The van der Waals surface area contributed by atoms with Crippen LogP contribution in [-0.4, -0.2) is 50.3 Å². The summed E-state index contributed by atoms with van der Waals surface area (Å²) in [5.41, 5.74) is 2.48. The number of β-amino-alcohol motifs (C(OH)–C–C–N with tert-alkyl or cyclic N) is 1. The molecule has 110 valence electrons. The van der Waals surface area contributed by atoms with Gasteiger partial charge in [-0.15, -0.1) is 0 Å². The molecule has 1 fully saturated rings. The maximum absolute atomic E-state index is 12.3. The summed E-state index contributed by atoms with van der Waals surface area (Å²) in [6, 6.07) is 5.45. The van der Waals surface area contributed by atoms with E-state index in [4.69, 9.17) is 0 Å². The van der Waals surface area contributed by atoms with E-state index in [0.29, 0.717) is 25.1 Å². The van der Waals surface area contributed by atoms with E-state index < -0.39 is 6.10 Å². The van der Waals surface area contributed by atoms with Gasteiger partial charge in [0.05, 0.1) is 17.4 Å². The Labute approximate surface area is 122 Å². The number of rotatable bonds is 3. The summed E-state index contributed by atoms with van der Waals surface area (Å²) in [6.45, 7) is 2.85. The van der Waals surface area contributed by atoms with Crippen molar-refractivity contribution in [2.45, 2.75) is 19.4 Å². The number of carbonyl (C=O) groups is 1. The van der Waals surface area contributed by atoms with Crippen LogP contribution >= 0.6 is 0 Å². The van der Waals surface area contributed by atoms with Gasteiger partial charge in [-0.05, 0) is 31.5 Å². The van der Waals surface area contributed by atoms with Crippen molar-refractivity contribution in [3.63, 3.8) is 0 Å². The molecule has 0 aliphatic carbocycles. The van der Waals surface area contributed by atoms with Crippen LogP contribution in [0.1, 0.15) is 21.7 Å². The lowest BCUT2D eigenvalue weighted by Gasteiger charge is -2.15. The lowest BCUT2D eigenvalue weighted by atomic mass is 10.0. The zero-order chi connectivity index (χ0) is 14.8. The third kappa shape index (κ3) is 2.95. The Morgan fingerprint density at radius 2 is 2.38 bits per heavy atom. The van der Waals surface area contributed by atoms with Crippen LogP contribution in [0.2, 0.25) is 0 Å². The van der Waals surface area contributed by atoms with E-state index >= 15 is 0 Å². The molecule has 6 nitrogen and oxygen atoms in total. The van der Waals surface area contributed by atoms with Gasteiger partial charge in [-0.1, -0.05) is 0 Å². The highest BCUT2D eigenvalue weighted by molar-refractivity contribution is 5.94. The largest absolute Gasteiger partial charge is 0.391 e. The number of amides is 1. The molecule has 0 bridgehead atoms. The van der Waals surface area contributed by atoms with Crippen LogP contribution in [0.5, 0.6) is 0 Å². The van der Waals surface area contributed by atoms with E-state index in [0.717, 1.165) is 11.4 Å². The molecule has 1 aliphatic rings. The maximum Gasteiger partial charge on any atom is 0.255 e. The molecule has 1 amide bonds. The van der Waals surface area contributed by atoms with E-state index in [9.17, 15) is 9.90 Å². The second-order valence-electron chi connectivity index (χ2n) is 5.53. The standard InChI is InChI=1S/C15H18N4O2/c1-10-5-13(18-17-10)6-12-8-19(9-14(12)20)15(21)11-3-2-4-16-7-11/h2-5,7,12,14,20H,6,8-9H2,1H3,(H,17,18)/t12-,14-/m1/s1. The smallest absolute Gasteiger partial charge is 0.255 e. The Bertz CT molecular complexity index is 626. The predicted molar refractivity (Wildman–Crippen MR) is 76.7 cm³/mol. The number of aromatic nitrogens is 3. The van der Waals surface area contributed by atoms with Gasteiger partial charge in [-0.3, -0.25) is 14.9 Å². The first-order valence-electron chi connectivity index (χ1n) is 7.01. The molecule has 0 aromatic carbocycles. The SMILES string of the molecule is Cc1cc(C[C@@H]2CN(C(=O)c3cccnc3)C[C@H]2O)n[nH]1. The van der Waals surface area contributed by atoms with Gasteiger partial charge in [0, 0.05) is 37.1 Å². The van der Waals surface area contributed by atoms with Gasteiger partial charge in [0.1, 0.15) is 0 Å². The third-order valence-corrected chi connectivity index (χ3v) is 3.83. The average Bonchev–Trinajstić information content (AvgIpc) is 3.06. The van der Waals surface area contributed by atoms with Crippen LogP contribution in [0.15, 0.2) is 30.6 Å². The molecule has 3 rings (SSSR count). The molecule has 2 N–H and O–H groups in total. The predicted octanol–water partition coefficient (Wildman–Crippen LogP) is 0.789. The fraction of sp³-hybridized carbons (Fsp3) is 0.400. The fourth-order valence-electron chi connectivity index (χ4n) is 2.74. The van der Waals surface area contributed by atoms with Gasteiger partial charge in [-0.25, -0.2) is 0 Å².